The summed E-state index contributed by atoms with van der Waals surface area (Å²) in [6, 6.07) is 5.38. The number of nitrogens with one attached hydrogen (secondary N) is 1. The highest BCUT2D eigenvalue weighted by molar-refractivity contribution is 9.10. The number of rotatable bonds is 3. The molecule has 0 bridgehead atoms. The first-order valence-electron chi connectivity index (χ1n) is 5.57. The summed E-state index contributed by atoms with van der Waals surface area (Å²) in [6.07, 6.45) is 0. The molecular weight excluding hydrogens is 348 g/mol. The van der Waals surface area contributed by atoms with Gasteiger partial charge in [-0.05, 0) is 41.1 Å². The quantitative estimate of drug-likeness (QED) is 0.820. The van der Waals surface area contributed by atoms with Crippen LogP contribution in [0.5, 0.6) is 0 Å². The average molecular weight is 358 g/mol. The van der Waals surface area contributed by atoms with E-state index in [-0.39, 0.29) is 15.1 Å². The largest absolute Gasteiger partial charge is 0.389 e. The molecule has 0 aliphatic rings. The van der Waals surface area contributed by atoms with Crippen LogP contribution in [0.15, 0.2) is 28.7 Å². The first-order valence-corrected chi connectivity index (χ1v) is 6.77. The van der Waals surface area contributed by atoms with E-state index in [1.54, 1.807) is 19.1 Å². The second-order valence-electron chi connectivity index (χ2n) is 4.08. The molecule has 0 amide bonds. The summed E-state index contributed by atoms with van der Waals surface area (Å²) in [7, 11) is 0. The Bertz CT molecular complexity index is 668. The van der Waals surface area contributed by atoms with E-state index in [0.717, 1.165) is 12.1 Å². The van der Waals surface area contributed by atoms with Crippen LogP contribution in [0.1, 0.15) is 11.3 Å². The summed E-state index contributed by atoms with van der Waals surface area (Å²) in [4.78, 5) is 4.37. The van der Waals surface area contributed by atoms with Gasteiger partial charge in [0.05, 0.1) is 11.3 Å². The fraction of sp³-hybridized carbons (Fsp3) is 0.0769. The number of benzene rings is 1. The molecule has 0 atom stereocenters. The van der Waals surface area contributed by atoms with E-state index in [4.69, 9.17) is 18.0 Å². The number of hydrogen-bond donors (Lipinski definition) is 2. The van der Waals surface area contributed by atoms with Crippen molar-refractivity contribution < 1.29 is 8.78 Å². The van der Waals surface area contributed by atoms with Gasteiger partial charge in [-0.2, -0.15) is 0 Å². The third-order valence-corrected chi connectivity index (χ3v) is 3.40. The Hall–Kier alpha value is -1.60. The molecule has 0 aliphatic carbocycles. The number of halogens is 3. The maximum atomic E-state index is 13.8. The zero-order chi connectivity index (χ0) is 14.9. The Kier molecular flexibility index (Phi) is 4.29. The van der Waals surface area contributed by atoms with Crippen LogP contribution in [-0.2, 0) is 0 Å². The van der Waals surface area contributed by atoms with Crippen LogP contribution < -0.4 is 11.1 Å². The highest BCUT2D eigenvalue weighted by Crippen LogP contribution is 2.30. The van der Waals surface area contributed by atoms with Crippen LogP contribution >= 0.6 is 28.1 Å². The number of pyridine rings is 1. The maximum Gasteiger partial charge on any atom is 0.150 e. The smallest absolute Gasteiger partial charge is 0.150 e. The molecule has 1 heterocycles. The van der Waals surface area contributed by atoms with Gasteiger partial charge in [-0.15, -0.1) is 0 Å². The number of nitrogens with two attached hydrogens (primary N) is 1. The summed E-state index contributed by atoms with van der Waals surface area (Å²) in [5.74, 6) is -1.09. The van der Waals surface area contributed by atoms with Crippen molar-refractivity contribution in [2.45, 2.75) is 6.92 Å². The van der Waals surface area contributed by atoms with Crippen molar-refractivity contribution in [3.05, 3.63) is 51.6 Å². The Labute approximate surface area is 128 Å². The molecule has 2 aromatic rings. The average Bonchev–Trinajstić information content (AvgIpc) is 2.33. The Balaban J connectivity index is 2.50. The molecule has 0 saturated carbocycles. The number of aromatic nitrogens is 1. The van der Waals surface area contributed by atoms with Gasteiger partial charge in [-0.25, -0.2) is 13.8 Å². The molecule has 1 aromatic heterocycles. The lowest BCUT2D eigenvalue weighted by Crippen LogP contribution is -2.13. The van der Waals surface area contributed by atoms with E-state index in [1.165, 1.54) is 0 Å². The van der Waals surface area contributed by atoms with Crippen molar-refractivity contribution in [1.82, 2.24) is 4.98 Å². The Morgan fingerprint density at radius 3 is 2.65 bits per heavy atom. The van der Waals surface area contributed by atoms with Crippen molar-refractivity contribution in [1.29, 1.82) is 0 Å². The number of anilines is 2. The van der Waals surface area contributed by atoms with Gasteiger partial charge >= 0.3 is 0 Å². The molecule has 0 spiro atoms. The third-order valence-electron chi connectivity index (χ3n) is 2.55. The molecule has 3 nitrogen and oxygen atoms in total. The van der Waals surface area contributed by atoms with Crippen LogP contribution in [0.3, 0.4) is 0 Å². The molecule has 104 valence electrons. The standard InChI is InChI=1S/C13H10BrF2N3S/c1-6-2-3-8(12(17)20)13(18-6)19-11-9(14)4-7(15)5-10(11)16/h2-5H,1H3,(H2,17,20)(H,18,19). The van der Waals surface area contributed by atoms with Gasteiger partial charge in [0.15, 0.2) is 5.82 Å². The minimum absolute atomic E-state index is 0.0713. The van der Waals surface area contributed by atoms with Crippen LogP contribution in [0.25, 0.3) is 0 Å². The van der Waals surface area contributed by atoms with Crippen LogP contribution in [-0.4, -0.2) is 9.97 Å². The number of nitrogens with zero attached hydrogens (tertiary/aromatic N) is 1. The van der Waals surface area contributed by atoms with E-state index < -0.39 is 11.6 Å². The summed E-state index contributed by atoms with van der Waals surface area (Å²) in [6.45, 7) is 1.78. The first-order chi connectivity index (χ1) is 9.38. The van der Waals surface area contributed by atoms with Gasteiger partial charge in [-0.3, -0.25) is 0 Å². The van der Waals surface area contributed by atoms with Crippen molar-refractivity contribution >= 4 is 44.6 Å². The molecule has 20 heavy (non-hydrogen) atoms. The summed E-state index contributed by atoms with van der Waals surface area (Å²) in [5.41, 5.74) is 6.88. The molecule has 1 aromatic carbocycles. The zero-order valence-electron chi connectivity index (χ0n) is 10.4. The van der Waals surface area contributed by atoms with E-state index in [9.17, 15) is 8.78 Å². The summed E-state index contributed by atoms with van der Waals surface area (Å²) < 4.78 is 27.1. The fourth-order valence-corrected chi connectivity index (χ4v) is 2.30. The molecule has 0 saturated heterocycles. The highest BCUT2D eigenvalue weighted by atomic mass is 79.9. The van der Waals surface area contributed by atoms with Gasteiger partial charge in [-0.1, -0.05) is 12.2 Å². The predicted octanol–water partition coefficient (Wildman–Crippen LogP) is 3.81. The molecule has 7 heteroatoms. The van der Waals surface area contributed by atoms with E-state index >= 15 is 0 Å². The minimum Gasteiger partial charge on any atom is -0.389 e. The monoisotopic (exact) mass is 357 g/mol. The molecule has 0 radical (unpaired) electrons. The predicted molar refractivity (Wildman–Crippen MR) is 82.2 cm³/mol. The lowest BCUT2D eigenvalue weighted by atomic mass is 10.2. The number of hydrogen-bond acceptors (Lipinski definition) is 3. The van der Waals surface area contributed by atoms with Crippen molar-refractivity contribution in [3.8, 4) is 0 Å². The number of thiocarbonyl (C=S) groups is 1. The number of aryl methyl sites for hydroxylation is 1. The SMILES string of the molecule is Cc1ccc(C(N)=S)c(Nc2c(F)cc(F)cc2Br)n1. The molecule has 3 N–H and O–H groups in total. The van der Waals surface area contributed by atoms with Crippen molar-refractivity contribution in [2.24, 2.45) is 5.73 Å². The van der Waals surface area contributed by atoms with Gasteiger partial charge < -0.3 is 11.1 Å². The van der Waals surface area contributed by atoms with E-state index in [2.05, 4.69) is 26.2 Å². The fourth-order valence-electron chi connectivity index (χ4n) is 1.63. The van der Waals surface area contributed by atoms with Gasteiger partial charge in [0.2, 0.25) is 0 Å². The van der Waals surface area contributed by atoms with E-state index in [1.807, 2.05) is 0 Å². The molecule has 0 unspecified atom stereocenters. The van der Waals surface area contributed by atoms with Crippen LogP contribution in [0.4, 0.5) is 20.3 Å². The van der Waals surface area contributed by atoms with Crippen molar-refractivity contribution in [3.63, 3.8) is 0 Å². The van der Waals surface area contributed by atoms with Gasteiger partial charge in [0.1, 0.15) is 16.6 Å². The van der Waals surface area contributed by atoms with E-state index in [0.29, 0.717) is 17.1 Å². The van der Waals surface area contributed by atoms with Crippen LogP contribution in [0.2, 0.25) is 0 Å². The normalized spacial score (nSPS) is 10.4. The van der Waals surface area contributed by atoms with Crippen molar-refractivity contribution in [2.75, 3.05) is 5.32 Å². The third kappa shape index (κ3) is 3.10. The Morgan fingerprint density at radius 1 is 1.35 bits per heavy atom. The molecule has 0 fully saturated rings. The maximum absolute atomic E-state index is 13.8. The van der Waals surface area contributed by atoms with Gasteiger partial charge in [0, 0.05) is 16.2 Å². The Morgan fingerprint density at radius 2 is 2.05 bits per heavy atom. The minimum atomic E-state index is -0.742. The second-order valence-corrected chi connectivity index (χ2v) is 5.38. The second kappa shape index (κ2) is 5.80. The molecule has 2 rings (SSSR count). The summed E-state index contributed by atoms with van der Waals surface area (Å²) >= 11 is 8.03. The van der Waals surface area contributed by atoms with Gasteiger partial charge in [0.25, 0.3) is 0 Å². The first kappa shape index (κ1) is 14.8. The lowest BCUT2D eigenvalue weighted by Gasteiger charge is -2.13. The topological polar surface area (TPSA) is 50.9 Å². The zero-order valence-corrected chi connectivity index (χ0v) is 12.8. The lowest BCUT2D eigenvalue weighted by molar-refractivity contribution is 0.584. The summed E-state index contributed by atoms with van der Waals surface area (Å²) in [5, 5.41) is 2.79. The molecular formula is C13H10BrF2N3S. The van der Waals surface area contributed by atoms with Crippen LogP contribution in [0, 0.1) is 18.6 Å². The molecule has 0 aliphatic heterocycles. The highest BCUT2D eigenvalue weighted by Gasteiger charge is 2.14.